The molecule has 0 spiro atoms. The third-order valence-corrected chi connectivity index (χ3v) is 4.48. The normalized spacial score (nSPS) is 17.7. The molecule has 0 saturated carbocycles. The summed E-state index contributed by atoms with van der Waals surface area (Å²) in [6.45, 7) is 3.59. The molecule has 1 aliphatic rings. The average Bonchev–Trinajstić information content (AvgIpc) is 3.20. The number of carbonyl (C=O) groups is 1. The molecule has 138 valence electrons. The van der Waals surface area contributed by atoms with Crippen LogP contribution in [0.5, 0.6) is 5.75 Å². The van der Waals surface area contributed by atoms with E-state index in [1.807, 2.05) is 61.5 Å². The van der Waals surface area contributed by atoms with Gasteiger partial charge in [-0.15, -0.1) is 0 Å². The second-order valence-corrected chi connectivity index (χ2v) is 6.50. The van der Waals surface area contributed by atoms with E-state index in [9.17, 15) is 4.79 Å². The number of amides is 1. The third kappa shape index (κ3) is 5.31. The SMILES string of the molecule is CC(NCC(=O)Nc1ccccc1OCC1CCCO1)c1ccccc1. The van der Waals surface area contributed by atoms with Crippen LogP contribution in [0.3, 0.4) is 0 Å². The number of hydrogen-bond acceptors (Lipinski definition) is 4. The zero-order valence-electron chi connectivity index (χ0n) is 15.1. The summed E-state index contributed by atoms with van der Waals surface area (Å²) in [5.74, 6) is 0.577. The Hall–Kier alpha value is -2.37. The molecule has 2 unspecified atom stereocenters. The zero-order chi connectivity index (χ0) is 18.2. The smallest absolute Gasteiger partial charge is 0.238 e. The molecule has 0 aliphatic carbocycles. The Labute approximate surface area is 154 Å². The van der Waals surface area contributed by atoms with Gasteiger partial charge < -0.3 is 20.1 Å². The van der Waals surface area contributed by atoms with E-state index in [4.69, 9.17) is 9.47 Å². The van der Waals surface area contributed by atoms with Crippen molar-refractivity contribution in [2.75, 3.05) is 25.1 Å². The van der Waals surface area contributed by atoms with Crippen LogP contribution in [-0.2, 0) is 9.53 Å². The number of carbonyl (C=O) groups excluding carboxylic acids is 1. The molecule has 2 aromatic rings. The van der Waals surface area contributed by atoms with E-state index in [2.05, 4.69) is 10.6 Å². The summed E-state index contributed by atoms with van der Waals surface area (Å²) in [5.41, 5.74) is 1.84. The van der Waals surface area contributed by atoms with Crippen LogP contribution >= 0.6 is 0 Å². The molecule has 2 aromatic carbocycles. The number of anilines is 1. The van der Waals surface area contributed by atoms with Gasteiger partial charge in [-0.25, -0.2) is 0 Å². The van der Waals surface area contributed by atoms with Crippen LogP contribution in [-0.4, -0.2) is 31.8 Å². The standard InChI is InChI=1S/C21H26N2O3/c1-16(17-8-3-2-4-9-17)22-14-21(24)23-19-11-5-6-12-20(19)26-15-18-10-7-13-25-18/h2-6,8-9,11-12,16,18,22H,7,10,13-15H2,1H3,(H,23,24). The van der Waals surface area contributed by atoms with Crippen molar-refractivity contribution < 1.29 is 14.3 Å². The molecule has 1 fully saturated rings. The molecule has 0 bridgehead atoms. The molecular formula is C21H26N2O3. The number of hydrogen-bond donors (Lipinski definition) is 2. The lowest BCUT2D eigenvalue weighted by molar-refractivity contribution is -0.115. The predicted octanol–water partition coefficient (Wildman–Crippen LogP) is 3.53. The number of ether oxygens (including phenoxy) is 2. The van der Waals surface area contributed by atoms with Gasteiger partial charge in [0, 0.05) is 12.6 Å². The molecule has 2 N–H and O–H groups in total. The first-order valence-electron chi connectivity index (χ1n) is 9.14. The van der Waals surface area contributed by atoms with Crippen LogP contribution in [0.2, 0.25) is 0 Å². The summed E-state index contributed by atoms with van der Waals surface area (Å²) in [6.07, 6.45) is 2.25. The van der Waals surface area contributed by atoms with Crippen molar-refractivity contribution in [2.24, 2.45) is 0 Å². The van der Waals surface area contributed by atoms with E-state index in [1.54, 1.807) is 0 Å². The maximum atomic E-state index is 12.3. The highest BCUT2D eigenvalue weighted by molar-refractivity contribution is 5.93. The van der Waals surface area contributed by atoms with E-state index >= 15 is 0 Å². The maximum Gasteiger partial charge on any atom is 0.238 e. The van der Waals surface area contributed by atoms with Gasteiger partial charge in [0.15, 0.2) is 0 Å². The van der Waals surface area contributed by atoms with E-state index in [-0.39, 0.29) is 24.6 Å². The molecular weight excluding hydrogens is 328 g/mol. The summed E-state index contributed by atoms with van der Waals surface area (Å²) < 4.78 is 11.4. The Morgan fingerprint density at radius 3 is 2.73 bits per heavy atom. The Kier molecular flexibility index (Phi) is 6.63. The molecule has 2 atom stereocenters. The third-order valence-electron chi connectivity index (χ3n) is 4.48. The van der Waals surface area contributed by atoms with E-state index in [0.29, 0.717) is 18.0 Å². The lowest BCUT2D eigenvalue weighted by atomic mass is 10.1. The van der Waals surface area contributed by atoms with Crippen molar-refractivity contribution in [3.05, 3.63) is 60.2 Å². The summed E-state index contributed by atoms with van der Waals surface area (Å²) in [4.78, 5) is 12.3. The fourth-order valence-corrected chi connectivity index (χ4v) is 2.95. The van der Waals surface area contributed by atoms with Crippen molar-refractivity contribution in [1.29, 1.82) is 0 Å². The molecule has 5 heteroatoms. The summed E-state index contributed by atoms with van der Waals surface area (Å²) in [5, 5.41) is 6.17. The summed E-state index contributed by atoms with van der Waals surface area (Å²) >= 11 is 0. The topological polar surface area (TPSA) is 59.6 Å². The molecule has 5 nitrogen and oxygen atoms in total. The van der Waals surface area contributed by atoms with Crippen molar-refractivity contribution >= 4 is 11.6 Å². The highest BCUT2D eigenvalue weighted by Crippen LogP contribution is 2.25. The van der Waals surface area contributed by atoms with E-state index < -0.39 is 0 Å². The number of para-hydroxylation sites is 2. The van der Waals surface area contributed by atoms with Crippen LogP contribution < -0.4 is 15.4 Å². The van der Waals surface area contributed by atoms with Gasteiger partial charge in [-0.3, -0.25) is 4.79 Å². The van der Waals surface area contributed by atoms with Crippen LogP contribution in [0.15, 0.2) is 54.6 Å². The highest BCUT2D eigenvalue weighted by Gasteiger charge is 2.17. The summed E-state index contributed by atoms with van der Waals surface area (Å²) in [7, 11) is 0. The Morgan fingerprint density at radius 1 is 1.19 bits per heavy atom. The monoisotopic (exact) mass is 354 g/mol. The largest absolute Gasteiger partial charge is 0.489 e. The van der Waals surface area contributed by atoms with Gasteiger partial charge in [0.2, 0.25) is 5.91 Å². The molecule has 1 aliphatic heterocycles. The number of nitrogens with one attached hydrogen (secondary N) is 2. The first-order chi connectivity index (χ1) is 12.7. The average molecular weight is 354 g/mol. The van der Waals surface area contributed by atoms with Gasteiger partial charge in [-0.1, -0.05) is 42.5 Å². The van der Waals surface area contributed by atoms with E-state index in [0.717, 1.165) is 25.0 Å². The Balaban J connectivity index is 1.50. The number of rotatable bonds is 8. The quantitative estimate of drug-likeness (QED) is 0.761. The fourth-order valence-electron chi connectivity index (χ4n) is 2.95. The van der Waals surface area contributed by atoms with Crippen LogP contribution in [0.25, 0.3) is 0 Å². The molecule has 1 amide bonds. The van der Waals surface area contributed by atoms with Crippen molar-refractivity contribution in [2.45, 2.75) is 31.9 Å². The first-order valence-corrected chi connectivity index (χ1v) is 9.14. The van der Waals surface area contributed by atoms with Crippen molar-refractivity contribution in [3.63, 3.8) is 0 Å². The number of benzene rings is 2. The van der Waals surface area contributed by atoms with Gasteiger partial charge in [0.1, 0.15) is 12.4 Å². The molecule has 3 rings (SSSR count). The molecule has 1 saturated heterocycles. The van der Waals surface area contributed by atoms with Crippen molar-refractivity contribution in [3.8, 4) is 5.75 Å². The van der Waals surface area contributed by atoms with Gasteiger partial charge in [0.25, 0.3) is 0 Å². The lowest BCUT2D eigenvalue weighted by Crippen LogP contribution is -2.30. The van der Waals surface area contributed by atoms with Crippen LogP contribution in [0, 0.1) is 0 Å². The molecule has 0 radical (unpaired) electrons. The minimum Gasteiger partial charge on any atom is -0.489 e. The predicted molar refractivity (Wildman–Crippen MR) is 102 cm³/mol. The van der Waals surface area contributed by atoms with Gasteiger partial charge >= 0.3 is 0 Å². The molecule has 0 aromatic heterocycles. The highest BCUT2D eigenvalue weighted by atomic mass is 16.5. The summed E-state index contributed by atoms with van der Waals surface area (Å²) in [6, 6.07) is 17.7. The molecule has 1 heterocycles. The van der Waals surface area contributed by atoms with E-state index in [1.165, 1.54) is 0 Å². The lowest BCUT2D eigenvalue weighted by Gasteiger charge is -2.16. The van der Waals surface area contributed by atoms with Gasteiger partial charge in [-0.2, -0.15) is 0 Å². The molecule has 26 heavy (non-hydrogen) atoms. The maximum absolute atomic E-state index is 12.3. The van der Waals surface area contributed by atoms with Gasteiger partial charge in [-0.05, 0) is 37.5 Å². The fraction of sp³-hybridized carbons (Fsp3) is 0.381. The second-order valence-electron chi connectivity index (χ2n) is 6.50. The minimum absolute atomic E-state index is 0.0963. The first kappa shape index (κ1) is 18.4. The van der Waals surface area contributed by atoms with Crippen molar-refractivity contribution in [1.82, 2.24) is 5.32 Å². The minimum atomic E-state index is -0.0963. The Bertz CT molecular complexity index is 699. The zero-order valence-corrected chi connectivity index (χ0v) is 15.1. The Morgan fingerprint density at radius 2 is 1.96 bits per heavy atom. The van der Waals surface area contributed by atoms with Gasteiger partial charge in [0.05, 0.1) is 18.3 Å². The second kappa shape index (κ2) is 9.36. The van der Waals surface area contributed by atoms with Crippen LogP contribution in [0.1, 0.15) is 31.4 Å². The van der Waals surface area contributed by atoms with Crippen LogP contribution in [0.4, 0.5) is 5.69 Å².